The van der Waals surface area contributed by atoms with Gasteiger partial charge in [-0.1, -0.05) is 18.2 Å². The molecule has 26 heavy (non-hydrogen) atoms. The number of hydrogen-bond acceptors (Lipinski definition) is 3. The molecule has 1 aliphatic rings. The summed E-state index contributed by atoms with van der Waals surface area (Å²) in [5.74, 6) is -1.97. The predicted octanol–water partition coefficient (Wildman–Crippen LogP) is 3.99. The van der Waals surface area contributed by atoms with Gasteiger partial charge in [-0.05, 0) is 53.1 Å². The molecule has 3 aromatic rings. The SMILES string of the molecule is O=C(O)c1ccc(F)c([C@@H]2C[C@H]2C(=O)Cc2ccc3cnccc3c2)c1. The van der Waals surface area contributed by atoms with Crippen LogP contribution in [0.25, 0.3) is 10.8 Å². The first-order chi connectivity index (χ1) is 12.5. The topological polar surface area (TPSA) is 67.3 Å². The highest BCUT2D eigenvalue weighted by molar-refractivity contribution is 5.90. The fraction of sp³-hybridized carbons (Fsp3) is 0.190. The van der Waals surface area contributed by atoms with Crippen LogP contribution in [-0.4, -0.2) is 21.8 Å². The Kier molecular flexibility index (Phi) is 3.99. The molecule has 4 rings (SSSR count). The van der Waals surface area contributed by atoms with Gasteiger partial charge < -0.3 is 5.11 Å². The largest absolute Gasteiger partial charge is 0.478 e. The quantitative estimate of drug-likeness (QED) is 0.756. The molecule has 0 unspecified atom stereocenters. The van der Waals surface area contributed by atoms with Gasteiger partial charge in [-0.25, -0.2) is 9.18 Å². The molecule has 0 spiro atoms. The van der Waals surface area contributed by atoms with E-state index in [4.69, 9.17) is 5.11 Å². The molecule has 1 fully saturated rings. The second-order valence-corrected chi connectivity index (χ2v) is 6.69. The first-order valence-corrected chi connectivity index (χ1v) is 8.41. The van der Waals surface area contributed by atoms with Crippen molar-refractivity contribution in [2.75, 3.05) is 0 Å². The molecule has 130 valence electrons. The van der Waals surface area contributed by atoms with Crippen molar-refractivity contribution in [1.82, 2.24) is 4.98 Å². The lowest BCUT2D eigenvalue weighted by Gasteiger charge is -2.05. The van der Waals surface area contributed by atoms with Gasteiger partial charge in [0, 0.05) is 30.1 Å². The number of aromatic carboxylic acids is 1. The van der Waals surface area contributed by atoms with E-state index in [9.17, 15) is 14.0 Å². The monoisotopic (exact) mass is 349 g/mol. The van der Waals surface area contributed by atoms with E-state index in [-0.39, 0.29) is 23.2 Å². The summed E-state index contributed by atoms with van der Waals surface area (Å²) in [4.78, 5) is 27.7. The summed E-state index contributed by atoms with van der Waals surface area (Å²) in [5.41, 5.74) is 1.29. The van der Waals surface area contributed by atoms with Gasteiger partial charge in [0.2, 0.25) is 0 Å². The molecule has 2 atom stereocenters. The average molecular weight is 349 g/mol. The summed E-state index contributed by atoms with van der Waals surface area (Å²) in [5, 5.41) is 11.1. The van der Waals surface area contributed by atoms with Crippen LogP contribution in [0, 0.1) is 11.7 Å². The number of carbonyl (C=O) groups excluding carboxylic acids is 1. The molecule has 1 N–H and O–H groups in total. The summed E-state index contributed by atoms with van der Waals surface area (Å²) in [7, 11) is 0. The van der Waals surface area contributed by atoms with Gasteiger partial charge in [-0.2, -0.15) is 0 Å². The number of hydrogen-bond donors (Lipinski definition) is 1. The number of carbonyl (C=O) groups is 2. The van der Waals surface area contributed by atoms with Crippen molar-refractivity contribution < 1.29 is 19.1 Å². The Morgan fingerprint density at radius 2 is 1.96 bits per heavy atom. The number of fused-ring (bicyclic) bond motifs is 1. The second-order valence-electron chi connectivity index (χ2n) is 6.69. The standard InChI is InChI=1S/C21H16FNO3/c22-19-4-3-14(21(25)26)9-17(19)16-10-18(16)20(24)8-12-1-2-15-11-23-6-5-13(15)7-12/h1-7,9,11,16,18H,8,10H2,(H,25,26)/t16-,18+/m0/s1. The first-order valence-electron chi connectivity index (χ1n) is 8.41. The molecular formula is C21H16FNO3. The number of ketones is 1. The zero-order valence-electron chi connectivity index (χ0n) is 13.9. The van der Waals surface area contributed by atoms with Crippen molar-refractivity contribution in [3.63, 3.8) is 0 Å². The van der Waals surface area contributed by atoms with E-state index in [1.165, 1.54) is 12.1 Å². The van der Waals surface area contributed by atoms with Crippen LogP contribution in [0.3, 0.4) is 0 Å². The number of aromatic nitrogens is 1. The number of Topliss-reactive ketones (excluding diaryl/α,β-unsaturated/α-hetero) is 1. The van der Waals surface area contributed by atoms with E-state index in [0.29, 0.717) is 18.4 Å². The van der Waals surface area contributed by atoms with Crippen LogP contribution in [0.1, 0.15) is 33.8 Å². The zero-order chi connectivity index (χ0) is 18.3. The Morgan fingerprint density at radius 1 is 1.12 bits per heavy atom. The van der Waals surface area contributed by atoms with Crippen molar-refractivity contribution in [1.29, 1.82) is 0 Å². The Hall–Kier alpha value is -3.08. The van der Waals surface area contributed by atoms with Crippen molar-refractivity contribution in [2.45, 2.75) is 18.8 Å². The van der Waals surface area contributed by atoms with E-state index in [2.05, 4.69) is 4.98 Å². The predicted molar refractivity (Wildman–Crippen MR) is 94.7 cm³/mol. The maximum Gasteiger partial charge on any atom is 0.335 e. The molecule has 4 nitrogen and oxygen atoms in total. The third-order valence-corrected chi connectivity index (χ3v) is 4.93. The van der Waals surface area contributed by atoms with Gasteiger partial charge in [-0.15, -0.1) is 0 Å². The van der Waals surface area contributed by atoms with Crippen LogP contribution in [0.5, 0.6) is 0 Å². The Bertz CT molecular complexity index is 1030. The molecular weight excluding hydrogens is 333 g/mol. The molecule has 0 bridgehead atoms. The number of carboxylic acids is 1. The maximum absolute atomic E-state index is 14.1. The highest BCUT2D eigenvalue weighted by atomic mass is 19.1. The van der Waals surface area contributed by atoms with Crippen molar-refractivity contribution in [3.05, 3.63) is 77.4 Å². The van der Waals surface area contributed by atoms with Crippen LogP contribution in [0.15, 0.2) is 54.9 Å². The zero-order valence-corrected chi connectivity index (χ0v) is 13.9. The van der Waals surface area contributed by atoms with Gasteiger partial charge in [0.05, 0.1) is 5.56 Å². The van der Waals surface area contributed by atoms with Crippen LogP contribution in [0.2, 0.25) is 0 Å². The molecule has 1 aliphatic carbocycles. The van der Waals surface area contributed by atoms with E-state index in [1.54, 1.807) is 12.4 Å². The van der Waals surface area contributed by atoms with Gasteiger partial charge in [0.1, 0.15) is 11.6 Å². The fourth-order valence-corrected chi connectivity index (χ4v) is 3.43. The van der Waals surface area contributed by atoms with Crippen molar-refractivity contribution >= 4 is 22.5 Å². The van der Waals surface area contributed by atoms with E-state index >= 15 is 0 Å². The number of pyridine rings is 1. The Morgan fingerprint density at radius 3 is 2.77 bits per heavy atom. The number of carboxylic acid groups (broad SMARTS) is 1. The van der Waals surface area contributed by atoms with Gasteiger partial charge in [0.25, 0.3) is 0 Å². The number of nitrogens with zero attached hydrogens (tertiary/aromatic N) is 1. The third kappa shape index (κ3) is 3.08. The minimum atomic E-state index is -1.10. The minimum absolute atomic E-state index is 0.0441. The van der Waals surface area contributed by atoms with Crippen LogP contribution < -0.4 is 0 Å². The molecule has 0 saturated heterocycles. The molecule has 1 saturated carbocycles. The maximum atomic E-state index is 14.1. The van der Waals surface area contributed by atoms with Gasteiger partial charge in [0.15, 0.2) is 0 Å². The first kappa shape index (κ1) is 16.4. The highest BCUT2D eigenvalue weighted by Gasteiger charge is 2.44. The minimum Gasteiger partial charge on any atom is -0.478 e. The summed E-state index contributed by atoms with van der Waals surface area (Å²) in [6.07, 6.45) is 4.34. The van der Waals surface area contributed by atoms with E-state index in [0.717, 1.165) is 22.4 Å². The smallest absolute Gasteiger partial charge is 0.335 e. The second kappa shape index (κ2) is 6.33. The highest BCUT2D eigenvalue weighted by Crippen LogP contribution is 2.49. The number of halogens is 1. The Labute approximate surface area is 149 Å². The lowest BCUT2D eigenvalue weighted by molar-refractivity contribution is -0.119. The van der Waals surface area contributed by atoms with Crippen LogP contribution in [0.4, 0.5) is 4.39 Å². The molecule has 0 aliphatic heterocycles. The van der Waals surface area contributed by atoms with E-state index < -0.39 is 11.8 Å². The average Bonchev–Trinajstić information content (AvgIpc) is 3.42. The summed E-state index contributed by atoms with van der Waals surface area (Å²) in [6, 6.07) is 11.5. The van der Waals surface area contributed by atoms with Crippen molar-refractivity contribution in [2.24, 2.45) is 5.92 Å². The summed E-state index contributed by atoms with van der Waals surface area (Å²) >= 11 is 0. The number of rotatable bonds is 5. The third-order valence-electron chi connectivity index (χ3n) is 4.93. The van der Waals surface area contributed by atoms with Gasteiger partial charge >= 0.3 is 5.97 Å². The lowest BCUT2D eigenvalue weighted by atomic mass is 9.99. The number of benzene rings is 2. The molecule has 0 radical (unpaired) electrons. The lowest BCUT2D eigenvalue weighted by Crippen LogP contribution is -2.07. The normalized spacial score (nSPS) is 18.7. The molecule has 0 amide bonds. The van der Waals surface area contributed by atoms with E-state index in [1.807, 2.05) is 24.3 Å². The molecule has 5 heteroatoms. The summed E-state index contributed by atoms with van der Waals surface area (Å²) < 4.78 is 14.1. The van der Waals surface area contributed by atoms with Crippen LogP contribution in [-0.2, 0) is 11.2 Å². The Balaban J connectivity index is 1.50. The molecule has 1 heterocycles. The summed E-state index contributed by atoms with van der Waals surface area (Å²) in [6.45, 7) is 0. The fourth-order valence-electron chi connectivity index (χ4n) is 3.43. The van der Waals surface area contributed by atoms with Gasteiger partial charge in [-0.3, -0.25) is 9.78 Å². The molecule has 1 aromatic heterocycles. The molecule has 2 aromatic carbocycles. The van der Waals surface area contributed by atoms with Crippen molar-refractivity contribution in [3.8, 4) is 0 Å². The van der Waals surface area contributed by atoms with Crippen LogP contribution >= 0.6 is 0 Å².